The third-order valence-electron chi connectivity index (χ3n) is 4.14. The summed E-state index contributed by atoms with van der Waals surface area (Å²) in [7, 11) is 2.71. The Hall–Kier alpha value is -3.10. The number of ether oxygens (including phenoxy) is 2. The molecule has 2 amide bonds. The average Bonchev–Trinajstić information content (AvgIpc) is 2.68. The fourth-order valence-corrected chi connectivity index (χ4v) is 2.90. The molecule has 1 atom stereocenters. The van der Waals surface area contributed by atoms with Gasteiger partial charge in [0.05, 0.1) is 24.8 Å². The molecule has 0 saturated carbocycles. The summed E-state index contributed by atoms with van der Waals surface area (Å²) in [5.41, 5.74) is -0.0510. The molecule has 0 spiro atoms. The predicted octanol–water partition coefficient (Wildman–Crippen LogP) is 2.03. The maximum Gasteiger partial charge on any atom is 0.415 e. The summed E-state index contributed by atoms with van der Waals surface area (Å²) in [4.78, 5) is 51.5. The lowest BCUT2D eigenvalue weighted by Crippen LogP contribution is -2.51. The van der Waals surface area contributed by atoms with Gasteiger partial charge in [0.2, 0.25) is 5.91 Å². The minimum absolute atomic E-state index is 0.0233. The van der Waals surface area contributed by atoms with Gasteiger partial charge in [0.1, 0.15) is 11.6 Å². The maximum atomic E-state index is 12.9. The Labute approximate surface area is 162 Å². The molecule has 1 heterocycles. The number of rotatable bonds is 3. The molecule has 0 radical (unpaired) electrons. The number of carbonyl (C=O) groups excluding carboxylic acids is 3. The molecule has 0 bridgehead atoms. The second-order valence-electron chi connectivity index (χ2n) is 7.49. The first-order valence-electron chi connectivity index (χ1n) is 8.65. The van der Waals surface area contributed by atoms with E-state index in [4.69, 9.17) is 4.74 Å². The SMILES string of the molecule is COC(=O)CC1C(=O)N(C)Cc2cc(C(=O)O)ccc2N1C(=O)OC(C)(C)C. The largest absolute Gasteiger partial charge is 0.478 e. The molecule has 1 N–H and O–H groups in total. The topological polar surface area (TPSA) is 113 Å². The van der Waals surface area contributed by atoms with E-state index in [0.717, 1.165) is 4.90 Å². The van der Waals surface area contributed by atoms with Crippen LogP contribution in [0.3, 0.4) is 0 Å². The Balaban J connectivity index is 2.62. The molecule has 2 rings (SSSR count). The van der Waals surface area contributed by atoms with Gasteiger partial charge in [0.25, 0.3) is 0 Å². The number of esters is 1. The van der Waals surface area contributed by atoms with Crippen molar-refractivity contribution in [1.29, 1.82) is 0 Å². The van der Waals surface area contributed by atoms with Crippen LogP contribution in [-0.2, 0) is 25.6 Å². The van der Waals surface area contributed by atoms with E-state index in [1.54, 1.807) is 20.8 Å². The number of carboxylic acids is 1. The zero-order chi connectivity index (χ0) is 21.2. The lowest BCUT2D eigenvalue weighted by Gasteiger charge is -2.32. The molecule has 1 aliphatic rings. The number of aromatic carboxylic acids is 1. The zero-order valence-corrected chi connectivity index (χ0v) is 16.5. The van der Waals surface area contributed by atoms with Gasteiger partial charge in [0, 0.05) is 13.6 Å². The van der Waals surface area contributed by atoms with Crippen LogP contribution in [0.5, 0.6) is 0 Å². The third kappa shape index (κ3) is 4.59. The van der Waals surface area contributed by atoms with E-state index in [9.17, 15) is 24.3 Å². The number of hydrogen-bond acceptors (Lipinski definition) is 6. The lowest BCUT2D eigenvalue weighted by atomic mass is 10.1. The Morgan fingerprint density at radius 3 is 2.43 bits per heavy atom. The van der Waals surface area contributed by atoms with Gasteiger partial charge in [-0.05, 0) is 44.5 Å². The minimum Gasteiger partial charge on any atom is -0.478 e. The molecule has 1 aromatic rings. The summed E-state index contributed by atoms with van der Waals surface area (Å²) in [5.74, 6) is -2.27. The van der Waals surface area contributed by atoms with Crippen LogP contribution in [-0.4, -0.2) is 59.7 Å². The van der Waals surface area contributed by atoms with Crippen molar-refractivity contribution in [3.8, 4) is 0 Å². The van der Waals surface area contributed by atoms with Crippen LogP contribution in [0.4, 0.5) is 10.5 Å². The number of carbonyl (C=O) groups is 4. The number of likely N-dealkylation sites (N-methyl/N-ethyl adjacent to an activating group) is 1. The van der Waals surface area contributed by atoms with Gasteiger partial charge in [-0.25, -0.2) is 9.59 Å². The zero-order valence-electron chi connectivity index (χ0n) is 16.5. The summed E-state index contributed by atoms with van der Waals surface area (Å²) >= 11 is 0. The van der Waals surface area contributed by atoms with Crippen molar-refractivity contribution in [3.63, 3.8) is 0 Å². The van der Waals surface area contributed by atoms with E-state index in [-0.39, 0.29) is 18.5 Å². The van der Waals surface area contributed by atoms with Crippen LogP contribution >= 0.6 is 0 Å². The molecule has 0 saturated heterocycles. The molecular formula is C19H24N2O7. The monoisotopic (exact) mass is 392 g/mol. The summed E-state index contributed by atoms with van der Waals surface area (Å²) in [6.07, 6.45) is -1.17. The molecule has 0 aromatic heterocycles. The Morgan fingerprint density at radius 1 is 1.25 bits per heavy atom. The molecular weight excluding hydrogens is 368 g/mol. The summed E-state index contributed by atoms with van der Waals surface area (Å²) < 4.78 is 10.1. The summed E-state index contributed by atoms with van der Waals surface area (Å²) in [6, 6.07) is 3.01. The van der Waals surface area contributed by atoms with Gasteiger partial charge < -0.3 is 19.5 Å². The van der Waals surface area contributed by atoms with Crippen LogP contribution < -0.4 is 4.90 Å². The normalized spacial score (nSPS) is 16.9. The van der Waals surface area contributed by atoms with Crippen molar-refractivity contribution in [2.45, 2.75) is 45.4 Å². The summed E-state index contributed by atoms with van der Waals surface area (Å²) in [5, 5.41) is 9.26. The number of nitrogens with zero attached hydrogens (tertiary/aromatic N) is 2. The lowest BCUT2D eigenvalue weighted by molar-refractivity contribution is -0.144. The molecule has 1 aliphatic heterocycles. The minimum atomic E-state index is -1.18. The van der Waals surface area contributed by atoms with Crippen LogP contribution in [0.2, 0.25) is 0 Å². The van der Waals surface area contributed by atoms with E-state index in [1.165, 1.54) is 37.3 Å². The maximum absolute atomic E-state index is 12.9. The first-order valence-corrected chi connectivity index (χ1v) is 8.65. The van der Waals surface area contributed by atoms with Crippen LogP contribution in [0.25, 0.3) is 0 Å². The molecule has 9 nitrogen and oxygen atoms in total. The van der Waals surface area contributed by atoms with Crippen LogP contribution in [0.15, 0.2) is 18.2 Å². The van der Waals surface area contributed by atoms with E-state index < -0.39 is 35.6 Å². The molecule has 9 heteroatoms. The predicted molar refractivity (Wildman–Crippen MR) is 99.0 cm³/mol. The average molecular weight is 392 g/mol. The summed E-state index contributed by atoms with van der Waals surface area (Å²) in [6.45, 7) is 5.12. The van der Waals surface area contributed by atoms with Crippen molar-refractivity contribution in [1.82, 2.24) is 4.90 Å². The van der Waals surface area contributed by atoms with Crippen molar-refractivity contribution in [3.05, 3.63) is 29.3 Å². The Kier molecular flexibility index (Phi) is 5.96. The fourth-order valence-electron chi connectivity index (χ4n) is 2.90. The highest BCUT2D eigenvalue weighted by Gasteiger charge is 2.40. The van der Waals surface area contributed by atoms with E-state index >= 15 is 0 Å². The number of anilines is 1. The quantitative estimate of drug-likeness (QED) is 0.783. The number of benzene rings is 1. The number of carboxylic acid groups (broad SMARTS) is 1. The van der Waals surface area contributed by atoms with E-state index in [2.05, 4.69) is 4.74 Å². The Morgan fingerprint density at radius 2 is 1.89 bits per heavy atom. The van der Waals surface area contributed by atoms with Gasteiger partial charge in [-0.2, -0.15) is 0 Å². The Bertz CT molecular complexity index is 813. The van der Waals surface area contributed by atoms with Crippen molar-refractivity contribution >= 4 is 29.6 Å². The van der Waals surface area contributed by atoms with Crippen LogP contribution in [0, 0.1) is 0 Å². The highest BCUT2D eigenvalue weighted by molar-refractivity contribution is 6.01. The van der Waals surface area contributed by atoms with Gasteiger partial charge in [0.15, 0.2) is 0 Å². The number of amides is 2. The van der Waals surface area contributed by atoms with Crippen molar-refractivity contribution in [2.75, 3.05) is 19.1 Å². The second kappa shape index (κ2) is 7.87. The third-order valence-corrected chi connectivity index (χ3v) is 4.14. The molecule has 28 heavy (non-hydrogen) atoms. The highest BCUT2D eigenvalue weighted by atomic mass is 16.6. The number of methoxy groups -OCH3 is 1. The molecule has 0 aliphatic carbocycles. The highest BCUT2D eigenvalue weighted by Crippen LogP contribution is 2.32. The standard InChI is InChI=1S/C19H24N2O7/c1-19(2,3)28-18(26)21-13-7-6-11(17(24)25)8-12(13)10-20(4)16(23)14(21)9-15(22)27-5/h6-8,14H,9-10H2,1-5H3,(H,24,25). The van der Waals surface area contributed by atoms with Gasteiger partial charge in [-0.15, -0.1) is 0 Å². The first kappa shape index (κ1) is 21.2. The fraction of sp³-hybridized carbons (Fsp3) is 0.474. The van der Waals surface area contributed by atoms with Gasteiger partial charge in [-0.1, -0.05) is 0 Å². The van der Waals surface area contributed by atoms with E-state index in [1.807, 2.05) is 0 Å². The molecule has 1 unspecified atom stereocenters. The number of hydrogen-bond donors (Lipinski definition) is 1. The van der Waals surface area contributed by atoms with Crippen molar-refractivity contribution < 1.29 is 33.8 Å². The molecule has 1 aromatic carbocycles. The smallest absolute Gasteiger partial charge is 0.415 e. The second-order valence-corrected chi connectivity index (χ2v) is 7.49. The number of fused-ring (bicyclic) bond motifs is 1. The van der Waals surface area contributed by atoms with Gasteiger partial charge in [-0.3, -0.25) is 14.5 Å². The van der Waals surface area contributed by atoms with E-state index in [0.29, 0.717) is 11.3 Å². The van der Waals surface area contributed by atoms with Crippen LogP contribution in [0.1, 0.15) is 43.1 Å². The molecule has 152 valence electrons. The first-order chi connectivity index (χ1) is 12.9. The van der Waals surface area contributed by atoms with Crippen molar-refractivity contribution in [2.24, 2.45) is 0 Å². The van der Waals surface area contributed by atoms with Gasteiger partial charge >= 0.3 is 18.0 Å². The molecule has 0 fully saturated rings.